The van der Waals surface area contributed by atoms with Crippen LogP contribution in [0.15, 0.2) is 66.4 Å². The topological polar surface area (TPSA) is 89.2 Å². The number of nitrogens with zero attached hydrogens (tertiary/aromatic N) is 3. The normalized spacial score (nSPS) is 15.7. The van der Waals surface area contributed by atoms with Crippen LogP contribution < -0.4 is 10.1 Å². The van der Waals surface area contributed by atoms with Gasteiger partial charge in [0.25, 0.3) is 5.91 Å². The molecule has 35 heavy (non-hydrogen) atoms. The number of rotatable bonds is 9. The van der Waals surface area contributed by atoms with Crippen molar-refractivity contribution in [3.05, 3.63) is 71.9 Å². The third-order valence-corrected chi connectivity index (χ3v) is 5.65. The van der Waals surface area contributed by atoms with Gasteiger partial charge in [-0.2, -0.15) is 10.4 Å². The summed E-state index contributed by atoms with van der Waals surface area (Å²) in [4.78, 5) is 12.7. The SMILES string of the molecule is CC(C)COc1ccc(-c2nn(-c3ccccc3)cc2/C=C(\C#N)C(=O)NC[C@@H]2CCCO2)cc1. The Morgan fingerprint density at radius 2 is 2.03 bits per heavy atom. The first-order valence-corrected chi connectivity index (χ1v) is 11.9. The number of carbonyl (C=O) groups is 1. The molecule has 1 aromatic heterocycles. The summed E-state index contributed by atoms with van der Waals surface area (Å²) in [5.41, 5.74) is 3.11. The largest absolute Gasteiger partial charge is 0.493 e. The van der Waals surface area contributed by atoms with E-state index in [1.807, 2.05) is 66.9 Å². The van der Waals surface area contributed by atoms with Crippen molar-refractivity contribution in [2.45, 2.75) is 32.8 Å². The average molecular weight is 471 g/mol. The third-order valence-electron chi connectivity index (χ3n) is 5.65. The van der Waals surface area contributed by atoms with Gasteiger partial charge in [0.2, 0.25) is 0 Å². The van der Waals surface area contributed by atoms with E-state index in [0.29, 0.717) is 36.9 Å². The molecular weight excluding hydrogens is 440 g/mol. The predicted molar refractivity (Wildman–Crippen MR) is 135 cm³/mol. The highest BCUT2D eigenvalue weighted by atomic mass is 16.5. The molecule has 0 aliphatic carbocycles. The second-order valence-corrected chi connectivity index (χ2v) is 8.96. The molecule has 0 saturated carbocycles. The molecule has 2 aromatic carbocycles. The fourth-order valence-electron chi connectivity index (χ4n) is 3.81. The highest BCUT2D eigenvalue weighted by molar-refractivity contribution is 6.02. The van der Waals surface area contributed by atoms with Gasteiger partial charge in [-0.3, -0.25) is 4.79 Å². The van der Waals surface area contributed by atoms with Crippen molar-refractivity contribution >= 4 is 12.0 Å². The first-order valence-electron chi connectivity index (χ1n) is 11.9. The van der Waals surface area contributed by atoms with Crippen LogP contribution in [0.25, 0.3) is 23.0 Å². The molecule has 0 spiro atoms. The summed E-state index contributed by atoms with van der Waals surface area (Å²) >= 11 is 0. The van der Waals surface area contributed by atoms with Crippen LogP contribution in [0.1, 0.15) is 32.3 Å². The van der Waals surface area contributed by atoms with Crippen molar-refractivity contribution in [1.82, 2.24) is 15.1 Å². The van der Waals surface area contributed by atoms with E-state index >= 15 is 0 Å². The molecule has 1 N–H and O–H groups in total. The van der Waals surface area contributed by atoms with E-state index in [9.17, 15) is 10.1 Å². The van der Waals surface area contributed by atoms with Crippen LogP contribution in [0.5, 0.6) is 5.75 Å². The maximum absolute atomic E-state index is 12.7. The Bertz CT molecular complexity index is 1200. The van der Waals surface area contributed by atoms with E-state index in [4.69, 9.17) is 14.6 Å². The molecule has 3 aromatic rings. The molecule has 7 nitrogen and oxygen atoms in total. The monoisotopic (exact) mass is 470 g/mol. The molecule has 1 amide bonds. The third kappa shape index (κ3) is 6.37. The Hall–Kier alpha value is -3.89. The summed E-state index contributed by atoms with van der Waals surface area (Å²) in [5, 5.41) is 17.3. The highest BCUT2D eigenvalue weighted by Crippen LogP contribution is 2.28. The molecule has 2 heterocycles. The Balaban J connectivity index is 1.63. The Morgan fingerprint density at radius 1 is 1.26 bits per heavy atom. The lowest BCUT2D eigenvalue weighted by molar-refractivity contribution is -0.117. The zero-order chi connectivity index (χ0) is 24.6. The van der Waals surface area contributed by atoms with Gasteiger partial charge in [-0.15, -0.1) is 0 Å². The van der Waals surface area contributed by atoms with Crippen LogP contribution >= 0.6 is 0 Å². The minimum Gasteiger partial charge on any atom is -0.493 e. The molecule has 0 unspecified atom stereocenters. The molecule has 1 aliphatic heterocycles. The average Bonchev–Trinajstić information content (AvgIpc) is 3.55. The zero-order valence-corrected chi connectivity index (χ0v) is 20.1. The van der Waals surface area contributed by atoms with Crippen molar-refractivity contribution in [3.63, 3.8) is 0 Å². The van der Waals surface area contributed by atoms with Gasteiger partial charge in [0.15, 0.2) is 0 Å². The van der Waals surface area contributed by atoms with E-state index in [1.165, 1.54) is 0 Å². The van der Waals surface area contributed by atoms with Gasteiger partial charge < -0.3 is 14.8 Å². The number of nitriles is 1. The lowest BCUT2D eigenvalue weighted by Crippen LogP contribution is -2.32. The number of carbonyl (C=O) groups excluding carboxylic acids is 1. The summed E-state index contributed by atoms with van der Waals surface area (Å²) in [6.45, 7) is 5.96. The Morgan fingerprint density at radius 3 is 2.69 bits per heavy atom. The number of aromatic nitrogens is 2. The smallest absolute Gasteiger partial charge is 0.262 e. The summed E-state index contributed by atoms with van der Waals surface area (Å²) in [6, 6.07) is 19.5. The minimum absolute atomic E-state index is 0.00622. The molecule has 1 fully saturated rings. The van der Waals surface area contributed by atoms with Crippen LogP contribution in [0.4, 0.5) is 0 Å². The van der Waals surface area contributed by atoms with Gasteiger partial charge in [-0.25, -0.2) is 4.68 Å². The molecule has 180 valence electrons. The molecule has 0 radical (unpaired) electrons. The minimum atomic E-state index is -0.418. The zero-order valence-electron chi connectivity index (χ0n) is 20.1. The van der Waals surface area contributed by atoms with Crippen molar-refractivity contribution < 1.29 is 14.3 Å². The number of hydrogen-bond donors (Lipinski definition) is 1. The number of ether oxygens (including phenoxy) is 2. The number of para-hydroxylation sites is 1. The summed E-state index contributed by atoms with van der Waals surface area (Å²) in [5.74, 6) is 0.802. The van der Waals surface area contributed by atoms with Gasteiger partial charge in [0.1, 0.15) is 17.4 Å². The van der Waals surface area contributed by atoms with Gasteiger partial charge in [0.05, 0.1) is 24.1 Å². The fraction of sp³-hybridized carbons (Fsp3) is 0.321. The highest BCUT2D eigenvalue weighted by Gasteiger charge is 2.19. The molecular formula is C28H30N4O3. The number of benzene rings is 2. The molecule has 4 rings (SSSR count). The quantitative estimate of drug-likeness (QED) is 0.359. The van der Waals surface area contributed by atoms with Crippen LogP contribution in [0.2, 0.25) is 0 Å². The molecule has 7 heteroatoms. The van der Waals surface area contributed by atoms with Gasteiger partial charge in [0, 0.05) is 30.5 Å². The standard InChI is InChI=1S/C28H30N4O3/c1-20(2)19-35-25-12-10-21(11-13-25)27-23(18-32(31-27)24-7-4-3-5-8-24)15-22(16-29)28(33)30-17-26-9-6-14-34-26/h3-5,7-8,10-13,15,18,20,26H,6,9,14,17,19H2,1-2H3,(H,30,33)/b22-15+/t26-/m0/s1. The van der Waals surface area contributed by atoms with Crippen molar-refractivity contribution in [1.29, 1.82) is 5.26 Å². The summed E-state index contributed by atoms with van der Waals surface area (Å²) in [7, 11) is 0. The fourth-order valence-corrected chi connectivity index (χ4v) is 3.81. The van der Waals surface area contributed by atoms with Gasteiger partial charge in [-0.05, 0) is 61.2 Å². The number of amides is 1. The lowest BCUT2D eigenvalue weighted by atomic mass is 10.1. The van der Waals surface area contributed by atoms with Crippen molar-refractivity contribution in [3.8, 4) is 28.8 Å². The van der Waals surface area contributed by atoms with Crippen molar-refractivity contribution in [2.24, 2.45) is 5.92 Å². The van der Waals surface area contributed by atoms with E-state index < -0.39 is 5.91 Å². The van der Waals surface area contributed by atoms with E-state index in [2.05, 4.69) is 19.2 Å². The van der Waals surface area contributed by atoms with Crippen molar-refractivity contribution in [2.75, 3.05) is 19.8 Å². The van der Waals surface area contributed by atoms with Crippen LogP contribution in [0.3, 0.4) is 0 Å². The second kappa shape index (κ2) is 11.5. The molecule has 1 atom stereocenters. The van der Waals surface area contributed by atoms with Crippen LogP contribution in [0, 0.1) is 17.2 Å². The second-order valence-electron chi connectivity index (χ2n) is 8.96. The van der Waals surface area contributed by atoms with E-state index in [-0.39, 0.29) is 11.7 Å². The summed E-state index contributed by atoms with van der Waals surface area (Å²) < 4.78 is 13.1. The van der Waals surface area contributed by atoms with E-state index in [1.54, 1.807) is 10.8 Å². The Kier molecular flexibility index (Phi) is 7.96. The number of nitrogens with one attached hydrogen (secondary N) is 1. The van der Waals surface area contributed by atoms with Crippen LogP contribution in [-0.2, 0) is 9.53 Å². The molecule has 0 bridgehead atoms. The van der Waals surface area contributed by atoms with Gasteiger partial charge >= 0.3 is 0 Å². The first kappa shape index (κ1) is 24.2. The molecule has 1 saturated heterocycles. The Labute approximate surface area is 206 Å². The first-order chi connectivity index (χ1) is 17.0. The maximum Gasteiger partial charge on any atom is 0.262 e. The maximum atomic E-state index is 12.7. The summed E-state index contributed by atoms with van der Waals surface area (Å²) in [6.07, 6.45) is 5.34. The lowest BCUT2D eigenvalue weighted by Gasteiger charge is -2.10. The van der Waals surface area contributed by atoms with E-state index in [0.717, 1.165) is 29.8 Å². The number of hydrogen-bond acceptors (Lipinski definition) is 5. The molecule has 1 aliphatic rings. The van der Waals surface area contributed by atoms with Crippen LogP contribution in [-0.4, -0.2) is 41.6 Å². The predicted octanol–water partition coefficient (Wildman–Crippen LogP) is 4.78. The van der Waals surface area contributed by atoms with Gasteiger partial charge in [-0.1, -0.05) is 32.0 Å².